The highest BCUT2D eigenvalue weighted by Gasteiger charge is 2.33. The Hall–Kier alpha value is -3.03. The number of carbonyl (C=O) groups is 2. The molecule has 0 bridgehead atoms. The van der Waals surface area contributed by atoms with E-state index >= 15 is 0 Å². The van der Waals surface area contributed by atoms with Gasteiger partial charge in [-0.05, 0) is 31.0 Å². The van der Waals surface area contributed by atoms with Crippen LogP contribution in [-0.4, -0.2) is 49.2 Å². The molecule has 28 heavy (non-hydrogen) atoms. The molecule has 1 aromatic carbocycles. The van der Waals surface area contributed by atoms with Crippen molar-refractivity contribution in [1.29, 1.82) is 0 Å². The Balaban J connectivity index is 1.51. The molecule has 0 radical (unpaired) electrons. The number of nitrogens with zero attached hydrogens (tertiary/aromatic N) is 2. The van der Waals surface area contributed by atoms with Gasteiger partial charge < -0.3 is 24.2 Å². The molecule has 0 aliphatic carbocycles. The predicted molar refractivity (Wildman–Crippen MR) is 101 cm³/mol. The fourth-order valence-electron chi connectivity index (χ4n) is 3.29. The highest BCUT2D eigenvalue weighted by atomic mass is 16.5. The molecule has 0 saturated carbocycles. The predicted octanol–water partition coefficient (Wildman–Crippen LogP) is 1.71. The van der Waals surface area contributed by atoms with Crippen LogP contribution < -0.4 is 14.8 Å². The minimum atomic E-state index is -0.342. The maximum atomic E-state index is 12.4. The molecule has 1 saturated heterocycles. The maximum absolute atomic E-state index is 12.4. The first-order valence-corrected chi connectivity index (χ1v) is 9.18. The molecule has 3 rings (SSSR count). The zero-order valence-corrected chi connectivity index (χ0v) is 16.4. The van der Waals surface area contributed by atoms with Crippen LogP contribution >= 0.6 is 0 Å². The summed E-state index contributed by atoms with van der Waals surface area (Å²) in [4.78, 5) is 26.4. The van der Waals surface area contributed by atoms with E-state index in [2.05, 4.69) is 10.5 Å². The first-order chi connectivity index (χ1) is 13.5. The standard InChI is InChI=1S/C20H25N3O5/c1-13-8-16(22-28-13)11-21-20(25)15-10-19(24)23(12-15)7-6-14-4-5-17(26-2)18(9-14)27-3/h4-5,8-9,15H,6-7,10-12H2,1-3H3,(H,21,25). The number of nitrogens with one attached hydrogen (secondary N) is 1. The Labute approximate surface area is 163 Å². The lowest BCUT2D eigenvalue weighted by Crippen LogP contribution is -2.33. The van der Waals surface area contributed by atoms with Crippen LogP contribution in [-0.2, 0) is 22.6 Å². The van der Waals surface area contributed by atoms with Crippen molar-refractivity contribution in [2.45, 2.75) is 26.3 Å². The fourth-order valence-corrected chi connectivity index (χ4v) is 3.29. The van der Waals surface area contributed by atoms with E-state index in [1.165, 1.54) is 0 Å². The molecule has 1 atom stereocenters. The van der Waals surface area contributed by atoms with Crippen LogP contribution in [0.25, 0.3) is 0 Å². The molecule has 1 aromatic heterocycles. The molecule has 2 amide bonds. The van der Waals surface area contributed by atoms with Crippen LogP contribution in [0.5, 0.6) is 11.5 Å². The third kappa shape index (κ3) is 4.62. The van der Waals surface area contributed by atoms with Crippen molar-refractivity contribution < 1.29 is 23.6 Å². The Morgan fingerprint density at radius 1 is 1.29 bits per heavy atom. The number of ether oxygens (including phenoxy) is 2. The number of aromatic nitrogens is 1. The zero-order valence-electron chi connectivity index (χ0n) is 16.4. The van der Waals surface area contributed by atoms with Crippen molar-refractivity contribution in [2.75, 3.05) is 27.3 Å². The molecule has 1 fully saturated rings. The second-order valence-corrected chi connectivity index (χ2v) is 6.83. The fraction of sp³-hybridized carbons (Fsp3) is 0.450. The molecule has 0 spiro atoms. The van der Waals surface area contributed by atoms with Gasteiger partial charge in [-0.25, -0.2) is 0 Å². The summed E-state index contributed by atoms with van der Waals surface area (Å²) in [6.45, 7) is 3.08. The lowest BCUT2D eigenvalue weighted by Gasteiger charge is -2.17. The SMILES string of the molecule is COc1ccc(CCN2CC(C(=O)NCc3cc(C)on3)CC2=O)cc1OC. The van der Waals surface area contributed by atoms with Gasteiger partial charge in [-0.2, -0.15) is 0 Å². The van der Waals surface area contributed by atoms with Crippen LogP contribution in [0, 0.1) is 12.8 Å². The number of methoxy groups -OCH3 is 2. The molecule has 1 unspecified atom stereocenters. The molecule has 8 heteroatoms. The average molecular weight is 387 g/mol. The number of hydrogen-bond acceptors (Lipinski definition) is 6. The molecule has 2 heterocycles. The van der Waals surface area contributed by atoms with Crippen LogP contribution in [0.15, 0.2) is 28.8 Å². The Morgan fingerprint density at radius 3 is 2.75 bits per heavy atom. The van der Waals surface area contributed by atoms with Crippen molar-refractivity contribution in [3.8, 4) is 11.5 Å². The summed E-state index contributed by atoms with van der Waals surface area (Å²) in [7, 11) is 3.19. The van der Waals surface area contributed by atoms with Gasteiger partial charge in [-0.3, -0.25) is 9.59 Å². The average Bonchev–Trinajstić information content (AvgIpc) is 3.29. The molecule has 1 aliphatic rings. The van der Waals surface area contributed by atoms with Gasteiger partial charge in [0.15, 0.2) is 11.5 Å². The number of amides is 2. The third-order valence-corrected chi connectivity index (χ3v) is 4.82. The first kappa shape index (κ1) is 19.7. The summed E-state index contributed by atoms with van der Waals surface area (Å²) in [6.07, 6.45) is 0.911. The molecule has 8 nitrogen and oxygen atoms in total. The number of rotatable bonds is 8. The van der Waals surface area contributed by atoms with Crippen LogP contribution in [0.4, 0.5) is 0 Å². The van der Waals surface area contributed by atoms with E-state index in [1.807, 2.05) is 18.2 Å². The largest absolute Gasteiger partial charge is 0.493 e. The second-order valence-electron chi connectivity index (χ2n) is 6.83. The van der Waals surface area contributed by atoms with Gasteiger partial charge in [-0.1, -0.05) is 11.2 Å². The maximum Gasteiger partial charge on any atom is 0.225 e. The van der Waals surface area contributed by atoms with Gasteiger partial charge in [-0.15, -0.1) is 0 Å². The summed E-state index contributed by atoms with van der Waals surface area (Å²) >= 11 is 0. The van der Waals surface area contributed by atoms with Crippen molar-refractivity contribution in [2.24, 2.45) is 5.92 Å². The molecule has 1 N–H and O–H groups in total. The lowest BCUT2D eigenvalue weighted by molar-refractivity contribution is -0.129. The van der Waals surface area contributed by atoms with Gasteiger partial charge in [0, 0.05) is 25.6 Å². The van der Waals surface area contributed by atoms with E-state index in [-0.39, 0.29) is 24.2 Å². The quantitative estimate of drug-likeness (QED) is 0.741. The van der Waals surface area contributed by atoms with Gasteiger partial charge in [0.2, 0.25) is 11.8 Å². The topological polar surface area (TPSA) is 93.9 Å². The van der Waals surface area contributed by atoms with E-state index < -0.39 is 0 Å². The number of likely N-dealkylation sites (tertiary alicyclic amines) is 1. The van der Waals surface area contributed by atoms with Gasteiger partial charge in [0.25, 0.3) is 0 Å². The summed E-state index contributed by atoms with van der Waals surface area (Å²) in [5.41, 5.74) is 1.71. The monoisotopic (exact) mass is 387 g/mol. The smallest absolute Gasteiger partial charge is 0.225 e. The van der Waals surface area contributed by atoms with Gasteiger partial charge >= 0.3 is 0 Å². The van der Waals surface area contributed by atoms with Crippen molar-refractivity contribution in [1.82, 2.24) is 15.4 Å². The molecular formula is C20H25N3O5. The summed E-state index contributed by atoms with van der Waals surface area (Å²) in [5.74, 6) is 1.55. The number of hydrogen-bond donors (Lipinski definition) is 1. The van der Waals surface area contributed by atoms with Crippen molar-refractivity contribution in [3.63, 3.8) is 0 Å². The molecule has 2 aromatic rings. The van der Waals surface area contributed by atoms with E-state index in [9.17, 15) is 9.59 Å². The van der Waals surface area contributed by atoms with Crippen molar-refractivity contribution >= 4 is 11.8 Å². The van der Waals surface area contributed by atoms with Gasteiger partial charge in [0.1, 0.15) is 11.5 Å². The first-order valence-electron chi connectivity index (χ1n) is 9.18. The van der Waals surface area contributed by atoms with E-state index in [4.69, 9.17) is 14.0 Å². The lowest BCUT2D eigenvalue weighted by atomic mass is 10.1. The highest BCUT2D eigenvalue weighted by molar-refractivity contribution is 5.89. The highest BCUT2D eigenvalue weighted by Crippen LogP contribution is 2.28. The van der Waals surface area contributed by atoms with E-state index in [0.717, 1.165) is 5.56 Å². The normalized spacial score (nSPS) is 16.3. The third-order valence-electron chi connectivity index (χ3n) is 4.82. The van der Waals surface area contributed by atoms with Crippen molar-refractivity contribution in [3.05, 3.63) is 41.3 Å². The minimum absolute atomic E-state index is 0.00194. The second kappa shape index (κ2) is 8.77. The van der Waals surface area contributed by atoms with Gasteiger partial charge in [0.05, 0.1) is 26.7 Å². The van der Waals surface area contributed by atoms with Crippen LogP contribution in [0.2, 0.25) is 0 Å². The Morgan fingerprint density at radius 2 is 2.07 bits per heavy atom. The van der Waals surface area contributed by atoms with E-state index in [1.54, 1.807) is 32.1 Å². The summed E-state index contributed by atoms with van der Waals surface area (Å²) in [6, 6.07) is 7.48. The number of aryl methyl sites for hydroxylation is 1. The minimum Gasteiger partial charge on any atom is -0.493 e. The zero-order chi connectivity index (χ0) is 20.1. The van der Waals surface area contributed by atoms with E-state index in [0.29, 0.717) is 49.0 Å². The molecule has 1 aliphatic heterocycles. The summed E-state index contributed by atoms with van der Waals surface area (Å²) in [5, 5.41) is 6.67. The Kier molecular flexibility index (Phi) is 6.18. The molecular weight excluding hydrogens is 362 g/mol. The summed E-state index contributed by atoms with van der Waals surface area (Å²) < 4.78 is 15.5. The Bertz CT molecular complexity index is 848. The number of benzene rings is 1. The van der Waals surface area contributed by atoms with Crippen LogP contribution in [0.1, 0.15) is 23.4 Å². The van der Waals surface area contributed by atoms with Crippen LogP contribution in [0.3, 0.4) is 0 Å². The number of carbonyl (C=O) groups excluding carboxylic acids is 2. The molecule has 150 valence electrons.